The number of nitrogens with one attached hydrogen (secondary N) is 1. The van der Waals surface area contributed by atoms with Gasteiger partial charge in [-0.25, -0.2) is 4.68 Å². The fourth-order valence-electron chi connectivity index (χ4n) is 3.86. The summed E-state index contributed by atoms with van der Waals surface area (Å²) in [6, 6.07) is 11.7. The Balaban J connectivity index is 1.58. The molecule has 28 heavy (non-hydrogen) atoms. The second-order valence-electron chi connectivity index (χ2n) is 6.87. The van der Waals surface area contributed by atoms with Crippen LogP contribution < -0.4 is 10.1 Å². The molecule has 1 aliphatic carbocycles. The van der Waals surface area contributed by atoms with Crippen LogP contribution in [0.5, 0.6) is 5.75 Å². The van der Waals surface area contributed by atoms with E-state index in [1.165, 1.54) is 0 Å². The highest BCUT2D eigenvalue weighted by atomic mass is 32.1. The van der Waals surface area contributed by atoms with Crippen molar-refractivity contribution in [1.29, 1.82) is 0 Å². The molecule has 0 spiro atoms. The molecule has 142 valence electrons. The van der Waals surface area contributed by atoms with Crippen molar-refractivity contribution in [2.75, 3.05) is 11.9 Å². The number of ether oxygens (including phenoxy) is 1. The van der Waals surface area contributed by atoms with Gasteiger partial charge in [-0.3, -0.25) is 4.79 Å². The molecule has 0 saturated heterocycles. The summed E-state index contributed by atoms with van der Waals surface area (Å²) in [6.07, 6.45) is 2.34. The Bertz CT molecular complexity index is 1050. The topological polar surface area (TPSA) is 69.0 Å². The monoisotopic (exact) mass is 392 g/mol. The number of thiophene rings is 1. The fraction of sp³-hybridized carbons (Fsp3) is 0.286. The number of ketones is 1. The van der Waals surface area contributed by atoms with Crippen molar-refractivity contribution in [1.82, 2.24) is 14.8 Å². The van der Waals surface area contributed by atoms with E-state index in [0.717, 1.165) is 40.3 Å². The van der Waals surface area contributed by atoms with E-state index in [0.29, 0.717) is 24.8 Å². The van der Waals surface area contributed by atoms with Crippen molar-refractivity contribution in [3.05, 3.63) is 57.9 Å². The van der Waals surface area contributed by atoms with Gasteiger partial charge in [0, 0.05) is 28.1 Å². The van der Waals surface area contributed by atoms with Gasteiger partial charge < -0.3 is 10.1 Å². The molecule has 2 aromatic heterocycles. The maximum absolute atomic E-state index is 12.8. The third-order valence-electron chi connectivity index (χ3n) is 5.10. The second-order valence-corrected chi connectivity index (χ2v) is 7.85. The number of Topliss-reactive ketones (excluding diaryl/α,β-unsaturated/α-hetero) is 1. The molecule has 0 amide bonds. The van der Waals surface area contributed by atoms with Gasteiger partial charge in [0.1, 0.15) is 11.8 Å². The summed E-state index contributed by atoms with van der Waals surface area (Å²) in [7, 11) is 0. The quantitative estimate of drug-likeness (QED) is 0.711. The van der Waals surface area contributed by atoms with Gasteiger partial charge in [0.15, 0.2) is 11.6 Å². The Kier molecular flexibility index (Phi) is 4.24. The number of hydrogen-bond acceptors (Lipinski definition) is 6. The third-order valence-corrected chi connectivity index (χ3v) is 6.03. The second kappa shape index (κ2) is 6.91. The molecule has 1 N–H and O–H groups in total. The molecule has 0 bridgehead atoms. The molecule has 1 aromatic carbocycles. The van der Waals surface area contributed by atoms with E-state index in [4.69, 9.17) is 14.8 Å². The minimum Gasteiger partial charge on any atom is -0.494 e. The van der Waals surface area contributed by atoms with E-state index in [1.54, 1.807) is 11.3 Å². The van der Waals surface area contributed by atoms with Crippen LogP contribution in [0.1, 0.15) is 37.1 Å². The predicted octanol–water partition coefficient (Wildman–Crippen LogP) is 4.43. The Morgan fingerprint density at radius 3 is 2.86 bits per heavy atom. The van der Waals surface area contributed by atoms with Crippen LogP contribution in [-0.4, -0.2) is 27.2 Å². The summed E-state index contributed by atoms with van der Waals surface area (Å²) in [4.78, 5) is 18.6. The van der Waals surface area contributed by atoms with Gasteiger partial charge >= 0.3 is 0 Å². The smallest absolute Gasteiger partial charge is 0.226 e. The summed E-state index contributed by atoms with van der Waals surface area (Å²) in [6.45, 7) is 2.60. The summed E-state index contributed by atoms with van der Waals surface area (Å²) < 4.78 is 7.38. The number of hydrogen-bond donors (Lipinski definition) is 1. The maximum atomic E-state index is 12.8. The van der Waals surface area contributed by atoms with Crippen molar-refractivity contribution in [3.8, 4) is 17.1 Å². The minimum atomic E-state index is -0.206. The standard InChI is InChI=1S/C21H20N4O2S/c1-2-27-14-10-8-13(9-11-14)20-23-21-22-15-5-3-6-16(26)18(15)19(25(21)24-20)17-7-4-12-28-17/h4,7-12,19H,2-3,5-6H2,1H3,(H,22,23,24). The van der Waals surface area contributed by atoms with Crippen molar-refractivity contribution in [2.45, 2.75) is 32.2 Å². The molecule has 0 saturated carbocycles. The Labute approximate surface area is 166 Å². The molecule has 3 aromatic rings. The van der Waals surface area contributed by atoms with E-state index in [9.17, 15) is 4.79 Å². The van der Waals surface area contributed by atoms with Gasteiger partial charge in [-0.05, 0) is 55.5 Å². The zero-order chi connectivity index (χ0) is 19.1. The van der Waals surface area contributed by atoms with E-state index in [1.807, 2.05) is 47.3 Å². The number of rotatable bonds is 4. The lowest BCUT2D eigenvalue weighted by molar-refractivity contribution is -0.116. The highest BCUT2D eigenvalue weighted by Gasteiger charge is 2.37. The number of carbonyl (C=O) groups excluding carboxylic acids is 1. The summed E-state index contributed by atoms with van der Waals surface area (Å²) >= 11 is 1.64. The number of nitrogens with zero attached hydrogens (tertiary/aromatic N) is 3. The van der Waals surface area contributed by atoms with Crippen LogP contribution in [0, 0.1) is 0 Å². The largest absolute Gasteiger partial charge is 0.494 e. The molecular weight excluding hydrogens is 372 g/mol. The lowest BCUT2D eigenvalue weighted by Gasteiger charge is -2.31. The van der Waals surface area contributed by atoms with Crippen molar-refractivity contribution < 1.29 is 9.53 Å². The average Bonchev–Trinajstić information content (AvgIpc) is 3.37. The van der Waals surface area contributed by atoms with Crippen LogP contribution in [0.25, 0.3) is 11.4 Å². The van der Waals surface area contributed by atoms with Gasteiger partial charge in [-0.15, -0.1) is 16.4 Å². The lowest BCUT2D eigenvalue weighted by Crippen LogP contribution is -2.31. The number of anilines is 1. The molecule has 0 radical (unpaired) electrons. The molecule has 1 aliphatic heterocycles. The molecule has 0 fully saturated rings. The van der Waals surface area contributed by atoms with Crippen molar-refractivity contribution >= 4 is 23.1 Å². The normalized spacial score (nSPS) is 18.5. The molecule has 5 rings (SSSR count). The molecule has 3 heterocycles. The number of carbonyl (C=O) groups is 1. The summed E-state index contributed by atoms with van der Waals surface area (Å²) in [5, 5.41) is 10.2. The van der Waals surface area contributed by atoms with Crippen LogP contribution in [0.2, 0.25) is 0 Å². The van der Waals surface area contributed by atoms with E-state index in [2.05, 4.69) is 11.4 Å². The van der Waals surface area contributed by atoms with Gasteiger partial charge in [0.25, 0.3) is 0 Å². The highest BCUT2D eigenvalue weighted by molar-refractivity contribution is 7.10. The SMILES string of the molecule is CCOc1ccc(-c2nc3n(n2)C(c2cccs2)C2=C(CCCC2=O)N3)cc1. The first-order chi connectivity index (χ1) is 13.7. The first kappa shape index (κ1) is 17.2. The average molecular weight is 392 g/mol. The van der Waals surface area contributed by atoms with Crippen LogP contribution >= 0.6 is 11.3 Å². The van der Waals surface area contributed by atoms with Crippen molar-refractivity contribution in [3.63, 3.8) is 0 Å². The Morgan fingerprint density at radius 2 is 2.11 bits per heavy atom. The van der Waals surface area contributed by atoms with Crippen LogP contribution in [0.4, 0.5) is 5.95 Å². The van der Waals surface area contributed by atoms with Crippen LogP contribution in [0.3, 0.4) is 0 Å². The van der Waals surface area contributed by atoms with E-state index >= 15 is 0 Å². The highest BCUT2D eigenvalue weighted by Crippen LogP contribution is 2.41. The minimum absolute atomic E-state index is 0.205. The first-order valence-corrected chi connectivity index (χ1v) is 10.4. The predicted molar refractivity (Wildman–Crippen MR) is 109 cm³/mol. The molecule has 2 aliphatic rings. The zero-order valence-corrected chi connectivity index (χ0v) is 16.3. The number of fused-ring (bicyclic) bond motifs is 1. The van der Waals surface area contributed by atoms with Crippen LogP contribution in [0.15, 0.2) is 53.0 Å². The van der Waals surface area contributed by atoms with E-state index < -0.39 is 0 Å². The number of allylic oxidation sites excluding steroid dienone is 2. The number of aromatic nitrogens is 3. The maximum Gasteiger partial charge on any atom is 0.226 e. The molecule has 1 atom stereocenters. The molecule has 6 nitrogen and oxygen atoms in total. The first-order valence-electron chi connectivity index (χ1n) is 9.51. The van der Waals surface area contributed by atoms with Crippen LogP contribution in [-0.2, 0) is 4.79 Å². The fourth-order valence-corrected chi connectivity index (χ4v) is 4.67. The molecule has 7 heteroatoms. The lowest BCUT2D eigenvalue weighted by atomic mass is 9.88. The molecule has 1 unspecified atom stereocenters. The Morgan fingerprint density at radius 1 is 1.25 bits per heavy atom. The zero-order valence-electron chi connectivity index (χ0n) is 15.5. The van der Waals surface area contributed by atoms with Gasteiger partial charge in [0.05, 0.1) is 6.61 Å². The van der Waals surface area contributed by atoms with Crippen molar-refractivity contribution in [2.24, 2.45) is 0 Å². The van der Waals surface area contributed by atoms with E-state index in [-0.39, 0.29) is 11.8 Å². The number of benzene rings is 1. The third kappa shape index (κ3) is 2.82. The summed E-state index contributed by atoms with van der Waals surface area (Å²) in [5.74, 6) is 2.36. The Hall–Kier alpha value is -2.93. The molecular formula is C21H20N4O2S. The van der Waals surface area contributed by atoms with Gasteiger partial charge in [0.2, 0.25) is 5.95 Å². The van der Waals surface area contributed by atoms with Gasteiger partial charge in [-0.1, -0.05) is 6.07 Å². The van der Waals surface area contributed by atoms with Gasteiger partial charge in [-0.2, -0.15) is 4.98 Å². The summed E-state index contributed by atoms with van der Waals surface area (Å²) in [5.41, 5.74) is 2.75.